The van der Waals surface area contributed by atoms with Crippen molar-refractivity contribution in [1.82, 2.24) is 10.6 Å². The molecule has 0 spiro atoms. The molecule has 21 heavy (non-hydrogen) atoms. The highest BCUT2D eigenvalue weighted by Crippen LogP contribution is 2.30. The van der Waals surface area contributed by atoms with Gasteiger partial charge >= 0.3 is 0 Å². The van der Waals surface area contributed by atoms with E-state index in [0.29, 0.717) is 19.2 Å². The highest BCUT2D eigenvalue weighted by atomic mass is 32.1. The molecule has 0 bridgehead atoms. The molecule has 0 radical (unpaired) electrons. The molecule has 1 aliphatic carbocycles. The number of hydrogen-bond donors (Lipinski definition) is 2. The highest BCUT2D eigenvalue weighted by Gasteiger charge is 2.21. The average molecular weight is 306 g/mol. The maximum atomic E-state index is 5.90. The Morgan fingerprint density at radius 3 is 2.71 bits per heavy atom. The van der Waals surface area contributed by atoms with Crippen LogP contribution in [0.5, 0.6) is 11.5 Å². The quantitative estimate of drug-likeness (QED) is 0.840. The molecule has 5 heteroatoms. The van der Waals surface area contributed by atoms with Crippen LogP contribution in [0, 0.1) is 0 Å². The molecule has 1 atom stereocenters. The van der Waals surface area contributed by atoms with E-state index >= 15 is 0 Å². The Labute approximate surface area is 131 Å². The van der Waals surface area contributed by atoms with Gasteiger partial charge in [-0.05, 0) is 37.2 Å². The molecular weight excluding hydrogens is 284 g/mol. The van der Waals surface area contributed by atoms with Gasteiger partial charge in [0.25, 0.3) is 0 Å². The third kappa shape index (κ3) is 4.00. The number of ether oxygens (including phenoxy) is 2. The summed E-state index contributed by atoms with van der Waals surface area (Å²) in [6.07, 6.45) is 6.39. The first-order chi connectivity index (χ1) is 10.3. The second-order valence-corrected chi connectivity index (χ2v) is 6.10. The van der Waals surface area contributed by atoms with Gasteiger partial charge in [-0.25, -0.2) is 0 Å². The fraction of sp³-hybridized carbons (Fsp3) is 0.562. The molecule has 1 heterocycles. The van der Waals surface area contributed by atoms with Gasteiger partial charge < -0.3 is 20.1 Å². The fourth-order valence-electron chi connectivity index (χ4n) is 2.85. The van der Waals surface area contributed by atoms with Crippen molar-refractivity contribution in [1.29, 1.82) is 0 Å². The Balaban J connectivity index is 1.42. The van der Waals surface area contributed by atoms with Gasteiger partial charge in [0.15, 0.2) is 16.6 Å². The molecule has 4 nitrogen and oxygen atoms in total. The number of nitrogens with one attached hydrogen (secondary N) is 2. The average Bonchev–Trinajstić information content (AvgIpc) is 2.54. The van der Waals surface area contributed by atoms with E-state index in [-0.39, 0.29) is 6.10 Å². The van der Waals surface area contributed by atoms with Crippen LogP contribution in [0.25, 0.3) is 0 Å². The largest absolute Gasteiger partial charge is 0.486 e. The van der Waals surface area contributed by atoms with E-state index in [1.54, 1.807) is 0 Å². The third-order valence-electron chi connectivity index (χ3n) is 4.00. The van der Waals surface area contributed by atoms with E-state index in [0.717, 1.165) is 16.6 Å². The molecule has 2 N–H and O–H groups in total. The summed E-state index contributed by atoms with van der Waals surface area (Å²) in [5.74, 6) is 1.62. The monoisotopic (exact) mass is 306 g/mol. The van der Waals surface area contributed by atoms with Crippen molar-refractivity contribution in [2.45, 2.75) is 44.2 Å². The van der Waals surface area contributed by atoms with Crippen LogP contribution in [0.2, 0.25) is 0 Å². The minimum atomic E-state index is -0.00833. The molecule has 1 saturated carbocycles. The van der Waals surface area contributed by atoms with Crippen molar-refractivity contribution in [3.63, 3.8) is 0 Å². The lowest BCUT2D eigenvalue weighted by atomic mass is 9.96. The van der Waals surface area contributed by atoms with Crippen LogP contribution < -0.4 is 20.1 Å². The summed E-state index contributed by atoms with van der Waals surface area (Å²) in [5, 5.41) is 7.37. The summed E-state index contributed by atoms with van der Waals surface area (Å²) in [7, 11) is 0. The lowest BCUT2D eigenvalue weighted by Crippen LogP contribution is -2.47. The molecule has 1 aliphatic heterocycles. The topological polar surface area (TPSA) is 42.5 Å². The standard InChI is InChI=1S/C16H22N2O2S/c21-16(18-12-6-2-1-3-7-12)17-10-13-11-19-14-8-4-5-9-15(14)20-13/h4-5,8-9,12-13H,1-3,6-7,10-11H2,(H2,17,18,21)/t13-/m1/s1. The van der Waals surface area contributed by atoms with Crippen LogP contribution in [-0.2, 0) is 0 Å². The fourth-order valence-corrected chi connectivity index (χ4v) is 3.10. The number of fused-ring (bicyclic) bond motifs is 1. The summed E-state index contributed by atoms with van der Waals surface area (Å²) in [6.45, 7) is 1.21. The zero-order valence-corrected chi connectivity index (χ0v) is 13.0. The lowest BCUT2D eigenvalue weighted by Gasteiger charge is -2.28. The zero-order valence-electron chi connectivity index (χ0n) is 12.1. The van der Waals surface area contributed by atoms with Gasteiger partial charge in [0.05, 0.1) is 6.54 Å². The maximum Gasteiger partial charge on any atom is 0.166 e. The molecule has 2 aliphatic rings. The SMILES string of the molecule is S=C(NC[C@@H]1COc2ccccc2O1)NC1CCCCC1. The Bertz CT molecular complexity index is 489. The summed E-state index contributed by atoms with van der Waals surface area (Å²) < 4.78 is 11.6. The van der Waals surface area contributed by atoms with Crippen LogP contribution in [0.15, 0.2) is 24.3 Å². The Morgan fingerprint density at radius 1 is 1.14 bits per heavy atom. The summed E-state index contributed by atoms with van der Waals surface area (Å²) >= 11 is 5.36. The zero-order chi connectivity index (χ0) is 14.5. The molecule has 0 unspecified atom stereocenters. The summed E-state index contributed by atoms with van der Waals surface area (Å²) in [4.78, 5) is 0. The maximum absolute atomic E-state index is 5.90. The van der Waals surface area contributed by atoms with Gasteiger partial charge in [0.2, 0.25) is 0 Å². The predicted molar refractivity (Wildman–Crippen MR) is 87.0 cm³/mol. The van der Waals surface area contributed by atoms with Crippen molar-refractivity contribution in [3.8, 4) is 11.5 Å². The van der Waals surface area contributed by atoms with Gasteiger partial charge in [-0.1, -0.05) is 31.4 Å². The number of rotatable bonds is 3. The van der Waals surface area contributed by atoms with Crippen LogP contribution in [0.1, 0.15) is 32.1 Å². The Hall–Kier alpha value is -1.49. The molecule has 0 saturated heterocycles. The van der Waals surface area contributed by atoms with E-state index < -0.39 is 0 Å². The molecule has 1 aromatic carbocycles. The molecular formula is C16H22N2O2S. The first kappa shape index (κ1) is 14.4. The smallest absolute Gasteiger partial charge is 0.166 e. The minimum absolute atomic E-state index is 0.00833. The van der Waals surface area contributed by atoms with Crippen molar-refractivity contribution in [3.05, 3.63) is 24.3 Å². The van der Waals surface area contributed by atoms with Gasteiger partial charge in [-0.15, -0.1) is 0 Å². The Kier molecular flexibility index (Phi) is 4.80. The highest BCUT2D eigenvalue weighted by molar-refractivity contribution is 7.80. The second kappa shape index (κ2) is 6.98. The van der Waals surface area contributed by atoms with Crippen molar-refractivity contribution in [2.24, 2.45) is 0 Å². The number of thiocarbonyl (C=S) groups is 1. The van der Waals surface area contributed by atoms with E-state index in [4.69, 9.17) is 21.7 Å². The second-order valence-electron chi connectivity index (χ2n) is 5.69. The van der Waals surface area contributed by atoms with Gasteiger partial charge in [-0.2, -0.15) is 0 Å². The Morgan fingerprint density at radius 2 is 1.90 bits per heavy atom. The summed E-state index contributed by atoms with van der Waals surface area (Å²) in [5.41, 5.74) is 0. The van der Waals surface area contributed by atoms with Crippen molar-refractivity contribution < 1.29 is 9.47 Å². The molecule has 1 aromatic rings. The van der Waals surface area contributed by atoms with E-state index in [9.17, 15) is 0 Å². The molecule has 0 aromatic heterocycles. The molecule has 114 valence electrons. The first-order valence-electron chi connectivity index (χ1n) is 7.74. The number of para-hydroxylation sites is 2. The lowest BCUT2D eigenvalue weighted by molar-refractivity contribution is 0.0937. The first-order valence-corrected chi connectivity index (χ1v) is 8.15. The molecule has 0 amide bonds. The normalized spacial score (nSPS) is 21.6. The van der Waals surface area contributed by atoms with Gasteiger partial charge in [-0.3, -0.25) is 0 Å². The van der Waals surface area contributed by atoms with Crippen LogP contribution in [-0.4, -0.2) is 30.4 Å². The number of benzene rings is 1. The van der Waals surface area contributed by atoms with E-state index in [1.807, 2.05) is 24.3 Å². The number of hydrogen-bond acceptors (Lipinski definition) is 3. The molecule has 1 fully saturated rings. The van der Waals surface area contributed by atoms with E-state index in [1.165, 1.54) is 32.1 Å². The van der Waals surface area contributed by atoms with Crippen LogP contribution in [0.4, 0.5) is 0 Å². The predicted octanol–water partition coefficient (Wildman–Crippen LogP) is 2.62. The van der Waals surface area contributed by atoms with Crippen molar-refractivity contribution in [2.75, 3.05) is 13.2 Å². The van der Waals surface area contributed by atoms with Gasteiger partial charge in [0.1, 0.15) is 12.7 Å². The van der Waals surface area contributed by atoms with Gasteiger partial charge in [0, 0.05) is 6.04 Å². The van der Waals surface area contributed by atoms with Crippen LogP contribution in [0.3, 0.4) is 0 Å². The molecule has 3 rings (SSSR count). The third-order valence-corrected chi connectivity index (χ3v) is 4.26. The van der Waals surface area contributed by atoms with E-state index in [2.05, 4.69) is 10.6 Å². The minimum Gasteiger partial charge on any atom is -0.486 e. The van der Waals surface area contributed by atoms with Crippen molar-refractivity contribution >= 4 is 17.3 Å². The summed E-state index contributed by atoms with van der Waals surface area (Å²) in [6, 6.07) is 8.29. The van der Waals surface area contributed by atoms with Crippen LogP contribution >= 0.6 is 12.2 Å².